The highest BCUT2D eigenvalue weighted by atomic mass is 32.2. The number of methoxy groups -OCH3 is 1. The number of aliphatic hydroxyl groups is 1. The minimum atomic E-state index is -3.75. The number of ether oxygens (including phenoxy) is 10. The lowest BCUT2D eigenvalue weighted by atomic mass is 9.56. The largest absolute Gasteiger partial charge is 0.462 e. The first-order chi connectivity index (χ1) is 44.5. The van der Waals surface area contributed by atoms with Gasteiger partial charge in [-0.15, -0.1) is 0 Å². The molecule has 16 atom stereocenters. The maximum absolute atomic E-state index is 13.1. The summed E-state index contributed by atoms with van der Waals surface area (Å²) in [6.45, 7) is 28.1. The highest BCUT2D eigenvalue weighted by Crippen LogP contribution is 2.62. The fraction of sp³-hybridized carbons (Fsp3) is 0.861. The number of rotatable bonds is 16. The molecule has 8 saturated heterocycles. The Morgan fingerprint density at radius 3 is 1.10 bits per heavy atom. The number of carbonyl (C=O) groups excluding carboxylic acids is 10. The quantitative estimate of drug-likeness (QED) is 0.107. The van der Waals surface area contributed by atoms with E-state index in [1.54, 1.807) is 21.0 Å². The minimum Gasteiger partial charge on any atom is -0.462 e. The first-order valence-electron chi connectivity index (χ1n) is 35.3. The van der Waals surface area contributed by atoms with Crippen LogP contribution in [0, 0.1) is 56.2 Å². The van der Waals surface area contributed by atoms with Crippen molar-refractivity contribution in [2.45, 2.75) is 322 Å². The van der Waals surface area contributed by atoms with Gasteiger partial charge in [-0.05, 0) is 134 Å². The normalized spacial score (nSPS) is 37.8. The van der Waals surface area contributed by atoms with Crippen LogP contribution in [-0.2, 0) is 105 Å². The molecule has 546 valence electrons. The third-order valence-corrected chi connectivity index (χ3v) is 24.5. The summed E-state index contributed by atoms with van der Waals surface area (Å²) in [5, 5.41) is 10.7. The smallest absolute Gasteiger partial charge is 0.312 e. The second kappa shape index (κ2) is 25.9. The lowest BCUT2D eigenvalue weighted by Gasteiger charge is -2.52. The molecular formula is C72H109NO23S. The lowest BCUT2D eigenvalue weighted by Crippen LogP contribution is -2.59. The van der Waals surface area contributed by atoms with Gasteiger partial charge >= 0.3 is 53.7 Å². The van der Waals surface area contributed by atoms with Gasteiger partial charge in [0.2, 0.25) is 15.9 Å². The summed E-state index contributed by atoms with van der Waals surface area (Å²) in [4.78, 5) is 126. The molecule has 0 aromatic heterocycles. The molecule has 8 aliphatic carbocycles. The second-order valence-corrected chi connectivity index (χ2v) is 36.9. The molecule has 0 radical (unpaired) electrons. The van der Waals surface area contributed by atoms with Crippen LogP contribution in [0.15, 0.2) is 0 Å². The Morgan fingerprint density at radius 2 is 0.732 bits per heavy atom. The van der Waals surface area contributed by atoms with E-state index < -0.39 is 118 Å². The second-order valence-electron chi connectivity index (χ2n) is 35.1. The van der Waals surface area contributed by atoms with Crippen LogP contribution in [0.25, 0.3) is 0 Å². The third kappa shape index (κ3) is 15.9. The number of nitrogens with one attached hydrogen (secondary N) is 1. The third-order valence-electron chi connectivity index (χ3n) is 23.9. The molecule has 24 nitrogen and oxygen atoms in total. The van der Waals surface area contributed by atoms with Crippen LogP contribution in [-0.4, -0.2) is 150 Å². The molecule has 16 bridgehead atoms. The molecule has 0 aromatic carbocycles. The van der Waals surface area contributed by atoms with Crippen LogP contribution in [0.3, 0.4) is 0 Å². The highest BCUT2D eigenvalue weighted by molar-refractivity contribution is 7.89. The molecular weight excluding hydrogens is 1280 g/mol. The predicted octanol–water partition coefficient (Wildman–Crippen LogP) is 9.40. The van der Waals surface area contributed by atoms with Gasteiger partial charge in [0.25, 0.3) is 0 Å². The number of hydrogen-bond acceptors (Lipinski definition) is 23. The van der Waals surface area contributed by atoms with Crippen LogP contribution in [0.1, 0.15) is 258 Å². The summed E-state index contributed by atoms with van der Waals surface area (Å²) in [7, 11) is -2.06. The summed E-state index contributed by atoms with van der Waals surface area (Å²) in [6.07, 6.45) is 11.1. The van der Waals surface area contributed by atoms with Gasteiger partial charge < -0.3 is 52.5 Å². The van der Waals surface area contributed by atoms with Gasteiger partial charge in [-0.2, -0.15) is 0 Å². The van der Waals surface area contributed by atoms with Gasteiger partial charge in [0, 0.05) is 103 Å². The maximum atomic E-state index is 13.1. The number of carbonyl (C=O) groups is 10. The molecule has 8 heterocycles. The van der Waals surface area contributed by atoms with Crippen LogP contribution < -0.4 is 4.72 Å². The number of amides is 1. The van der Waals surface area contributed by atoms with Crippen LogP contribution in [0.2, 0.25) is 0 Å². The SMILES string of the molecule is CCC(C)(C)C(=O)OC12CC3CC(C(=O)NS(C)(=O)=O)(CC(C1)C(=O)O3)C2.CCC(C)(C)C(=O)OC12CC3CC(C(=O)OC(C)(C)C)(CC(C1)C(=O)O3)C2.CCC(C)(C)C(=O)OC12CC3CC(O)(CC(C1)C(=O)O3)C2.CCC(C)(C)C(=O)OC12CC3CC(OC)(CC(C1)C(=O)O3)C2. The van der Waals surface area contributed by atoms with E-state index in [1.807, 2.05) is 90.0 Å². The molecule has 0 aromatic rings. The van der Waals surface area contributed by atoms with Crippen molar-refractivity contribution in [1.82, 2.24) is 4.72 Å². The van der Waals surface area contributed by atoms with E-state index in [9.17, 15) is 61.5 Å². The molecule has 97 heavy (non-hydrogen) atoms. The Kier molecular flexibility index (Phi) is 20.2. The topological polar surface area (TPSA) is 329 Å². The Labute approximate surface area is 571 Å². The van der Waals surface area contributed by atoms with Crippen molar-refractivity contribution in [2.24, 2.45) is 56.2 Å². The standard InChI is InChI=1S/C21H32O6.C18H27NO7S.C17H26O5.C16H24O5/c1-7-19(5,6)16(23)27-21-9-13-8-20(12-21,17(24)26-18(2,3)4)10-14(11-21)25-15(13)22;1-5-16(2,3)15(22)26-18-7-11-6-17(10-18,14(21)19-27(4,23)24)8-12(9-18)25-13(11)20;1-5-15(2,3)14(19)22-17-7-11-6-16(10-17,20-4)8-12(9-17)21-13(11)18;1-4-14(2,3)13(18)21-16-6-10-5-15(19,9-16)7-11(8-16)20-12(10)17/h13-14H,7-12H2,1-6H3;11-12H,5-10H2,1-4H3,(H,19,21);11-12H,5-10H2,1-4H3;10-11,19H,4-9H2,1-3H3. The molecule has 16 rings (SSSR count). The fourth-order valence-corrected chi connectivity index (χ4v) is 18.2. The number of sulfonamides is 1. The van der Waals surface area contributed by atoms with Crippen molar-refractivity contribution in [3.05, 3.63) is 0 Å². The van der Waals surface area contributed by atoms with E-state index in [4.69, 9.17) is 47.4 Å². The first-order valence-corrected chi connectivity index (χ1v) is 37.2. The number of hydrogen-bond donors (Lipinski definition) is 2. The van der Waals surface area contributed by atoms with Crippen LogP contribution in [0.5, 0.6) is 0 Å². The summed E-state index contributed by atoms with van der Waals surface area (Å²) >= 11 is 0. The van der Waals surface area contributed by atoms with Crippen molar-refractivity contribution < 1.29 is 109 Å². The van der Waals surface area contributed by atoms with Gasteiger partial charge in [0.1, 0.15) is 52.4 Å². The summed E-state index contributed by atoms with van der Waals surface area (Å²) in [5.74, 6) is -4.72. The zero-order chi connectivity index (χ0) is 72.1. The Hall–Kier alpha value is -5.43. The van der Waals surface area contributed by atoms with Gasteiger partial charge in [0.05, 0.1) is 73.6 Å². The molecule has 0 spiro atoms. The van der Waals surface area contributed by atoms with Gasteiger partial charge in [0.15, 0.2) is 0 Å². The molecule has 2 N–H and O–H groups in total. The highest BCUT2D eigenvalue weighted by Gasteiger charge is 2.68. The van der Waals surface area contributed by atoms with Gasteiger partial charge in [-0.3, -0.25) is 52.7 Å². The molecule has 16 fully saturated rings. The lowest BCUT2D eigenvalue weighted by molar-refractivity contribution is -0.208. The Bertz CT molecular complexity index is 3280. The van der Waals surface area contributed by atoms with Crippen molar-refractivity contribution in [1.29, 1.82) is 0 Å². The van der Waals surface area contributed by atoms with Crippen LogP contribution in [0.4, 0.5) is 0 Å². The summed E-state index contributed by atoms with van der Waals surface area (Å²) in [6, 6.07) is 0. The van der Waals surface area contributed by atoms with E-state index >= 15 is 0 Å². The zero-order valence-corrected chi connectivity index (χ0v) is 61.2. The zero-order valence-electron chi connectivity index (χ0n) is 60.4. The van der Waals surface area contributed by atoms with Crippen molar-refractivity contribution >= 4 is 69.7 Å². The minimum absolute atomic E-state index is 0.156. The molecule has 16 aliphatic rings. The average molecular weight is 1390 g/mol. The number of esters is 9. The van der Waals surface area contributed by atoms with Gasteiger partial charge in [-0.1, -0.05) is 27.7 Å². The van der Waals surface area contributed by atoms with E-state index in [-0.39, 0.29) is 91.1 Å². The van der Waals surface area contributed by atoms with Crippen LogP contribution >= 0.6 is 0 Å². The fourth-order valence-electron chi connectivity index (χ4n) is 17.7. The Morgan fingerprint density at radius 1 is 0.433 bits per heavy atom. The van der Waals surface area contributed by atoms with Crippen molar-refractivity contribution in [2.75, 3.05) is 13.4 Å². The molecule has 8 saturated carbocycles. The molecule has 25 heteroatoms. The molecule has 1 amide bonds. The van der Waals surface area contributed by atoms with Crippen molar-refractivity contribution in [3.63, 3.8) is 0 Å². The Balaban J connectivity index is 0.000000152. The summed E-state index contributed by atoms with van der Waals surface area (Å²) < 4.78 is 82.7. The summed E-state index contributed by atoms with van der Waals surface area (Å²) in [5.41, 5.74) is -9.41. The maximum Gasteiger partial charge on any atom is 0.312 e. The van der Waals surface area contributed by atoms with E-state index in [0.717, 1.165) is 12.7 Å². The van der Waals surface area contributed by atoms with Crippen molar-refractivity contribution in [3.8, 4) is 0 Å². The van der Waals surface area contributed by atoms with E-state index in [1.165, 1.54) is 0 Å². The van der Waals surface area contributed by atoms with Gasteiger partial charge in [-0.25, -0.2) is 8.42 Å². The molecule has 8 aliphatic heterocycles. The monoisotopic (exact) mass is 1390 g/mol. The first kappa shape index (κ1) is 75.8. The van der Waals surface area contributed by atoms with E-state index in [2.05, 4.69) is 4.72 Å². The van der Waals surface area contributed by atoms with E-state index in [0.29, 0.717) is 128 Å². The average Bonchev–Trinajstić information content (AvgIpc) is 1.85. The number of fused-ring (bicyclic) bond motifs is 4. The predicted molar refractivity (Wildman–Crippen MR) is 346 cm³/mol. The molecule has 16 unspecified atom stereocenters.